The van der Waals surface area contributed by atoms with Crippen molar-refractivity contribution in [3.63, 3.8) is 0 Å². The molecule has 0 radical (unpaired) electrons. The van der Waals surface area contributed by atoms with Gasteiger partial charge in [0.05, 0.1) is 11.7 Å². The van der Waals surface area contributed by atoms with Crippen molar-refractivity contribution in [2.24, 2.45) is 5.73 Å². The number of hydrogen-bond acceptors (Lipinski definition) is 4. The van der Waals surface area contributed by atoms with Gasteiger partial charge < -0.3 is 15.3 Å². The van der Waals surface area contributed by atoms with Crippen molar-refractivity contribution in [3.05, 3.63) is 17.8 Å². The van der Waals surface area contributed by atoms with Crippen LogP contribution in [0.1, 0.15) is 62.6 Å². The lowest BCUT2D eigenvalue weighted by molar-refractivity contribution is 0.240. The van der Waals surface area contributed by atoms with Crippen molar-refractivity contribution in [2.45, 2.75) is 63.5 Å². The van der Waals surface area contributed by atoms with Crippen molar-refractivity contribution in [2.75, 3.05) is 0 Å². The molecule has 0 bridgehead atoms. The van der Waals surface area contributed by atoms with Gasteiger partial charge in [-0.15, -0.1) is 10.2 Å². The monoisotopic (exact) mass is 286 g/mol. The smallest absolute Gasteiger partial charge is 0.182 e. The Labute approximate surface area is 124 Å². The average molecular weight is 286 g/mol. The van der Waals surface area contributed by atoms with E-state index >= 15 is 0 Å². The van der Waals surface area contributed by atoms with E-state index in [4.69, 9.17) is 5.73 Å². The lowest BCUT2D eigenvalue weighted by atomic mass is 9.77. The Kier molecular flexibility index (Phi) is 2.89. The summed E-state index contributed by atoms with van der Waals surface area (Å²) in [7, 11) is 0. The maximum absolute atomic E-state index is 6.34. The summed E-state index contributed by atoms with van der Waals surface area (Å²) in [6, 6.07) is 0.525. The van der Waals surface area contributed by atoms with Crippen LogP contribution in [-0.2, 0) is 5.54 Å². The molecular formula is C15H22N6. The predicted octanol–water partition coefficient (Wildman–Crippen LogP) is 2.43. The van der Waals surface area contributed by atoms with Crippen LogP contribution in [0.25, 0.3) is 11.5 Å². The van der Waals surface area contributed by atoms with E-state index in [1.807, 2.05) is 13.1 Å². The van der Waals surface area contributed by atoms with E-state index < -0.39 is 0 Å². The SMILES string of the molecule is Cc1nnc(-c2cnc(C3(N)CCC3)[nH]2)n1C1CCCC1. The fourth-order valence-electron chi connectivity index (χ4n) is 3.63. The van der Waals surface area contributed by atoms with E-state index in [1.165, 1.54) is 32.1 Å². The van der Waals surface area contributed by atoms with E-state index in [9.17, 15) is 0 Å². The third kappa shape index (κ3) is 2.00. The highest BCUT2D eigenvalue weighted by Crippen LogP contribution is 2.38. The number of aryl methyl sites for hydroxylation is 1. The van der Waals surface area contributed by atoms with Gasteiger partial charge in [0.1, 0.15) is 17.3 Å². The number of hydrogen-bond donors (Lipinski definition) is 2. The van der Waals surface area contributed by atoms with Gasteiger partial charge in [-0.25, -0.2) is 4.98 Å². The van der Waals surface area contributed by atoms with Crippen LogP contribution in [0.4, 0.5) is 0 Å². The van der Waals surface area contributed by atoms with Crippen LogP contribution in [0, 0.1) is 6.92 Å². The second-order valence-electron chi connectivity index (χ2n) is 6.53. The highest BCUT2D eigenvalue weighted by molar-refractivity contribution is 5.49. The standard InChI is InChI=1S/C15H22N6/c1-10-19-20-13(21(10)11-5-2-3-6-11)12-9-17-14(18-12)15(16)7-4-8-15/h9,11H,2-8,16H2,1H3,(H,17,18). The summed E-state index contributed by atoms with van der Waals surface area (Å²) in [5, 5.41) is 8.65. The lowest BCUT2D eigenvalue weighted by Crippen LogP contribution is -2.44. The number of nitrogens with one attached hydrogen (secondary N) is 1. The van der Waals surface area contributed by atoms with E-state index in [0.717, 1.165) is 36.0 Å². The molecule has 0 amide bonds. The highest BCUT2D eigenvalue weighted by Gasteiger charge is 2.37. The van der Waals surface area contributed by atoms with Crippen molar-refractivity contribution in [1.29, 1.82) is 0 Å². The molecule has 2 aliphatic rings. The highest BCUT2D eigenvalue weighted by atomic mass is 15.3. The molecule has 0 atom stereocenters. The molecule has 2 aliphatic carbocycles. The van der Waals surface area contributed by atoms with Gasteiger partial charge in [-0.05, 0) is 39.0 Å². The van der Waals surface area contributed by atoms with Gasteiger partial charge in [-0.2, -0.15) is 0 Å². The van der Waals surface area contributed by atoms with Gasteiger partial charge in [0, 0.05) is 6.04 Å². The Bertz CT molecular complexity index is 645. The molecule has 6 heteroatoms. The number of nitrogens with two attached hydrogens (primary N) is 1. The van der Waals surface area contributed by atoms with Crippen LogP contribution < -0.4 is 5.73 Å². The molecule has 2 heterocycles. The molecule has 2 fully saturated rings. The molecular weight excluding hydrogens is 264 g/mol. The second kappa shape index (κ2) is 4.66. The molecule has 0 unspecified atom stereocenters. The molecule has 2 saturated carbocycles. The first-order valence-corrected chi connectivity index (χ1v) is 7.94. The van der Waals surface area contributed by atoms with Gasteiger partial charge in [0.15, 0.2) is 5.82 Å². The average Bonchev–Trinajstić information content (AvgIpc) is 3.14. The first-order valence-electron chi connectivity index (χ1n) is 7.94. The van der Waals surface area contributed by atoms with Crippen LogP contribution in [0.2, 0.25) is 0 Å². The van der Waals surface area contributed by atoms with E-state index in [2.05, 4.69) is 24.7 Å². The number of nitrogens with zero attached hydrogens (tertiary/aromatic N) is 4. The summed E-state index contributed by atoms with van der Waals surface area (Å²) in [5.41, 5.74) is 7.03. The molecule has 3 N–H and O–H groups in total. The van der Waals surface area contributed by atoms with Gasteiger partial charge in [-0.1, -0.05) is 12.8 Å². The molecule has 21 heavy (non-hydrogen) atoms. The number of rotatable bonds is 3. The number of imidazole rings is 1. The third-order valence-electron chi connectivity index (χ3n) is 5.09. The molecule has 0 spiro atoms. The summed E-state index contributed by atoms with van der Waals surface area (Å²) >= 11 is 0. The molecule has 4 rings (SSSR count). The minimum atomic E-state index is -0.258. The number of H-pyrrole nitrogens is 1. The fraction of sp³-hybridized carbons (Fsp3) is 0.667. The largest absolute Gasteiger partial charge is 0.338 e. The fourth-order valence-corrected chi connectivity index (χ4v) is 3.63. The Morgan fingerprint density at radius 3 is 2.67 bits per heavy atom. The molecule has 2 aromatic rings. The molecule has 0 aromatic carbocycles. The Morgan fingerprint density at radius 1 is 1.24 bits per heavy atom. The van der Waals surface area contributed by atoms with E-state index in [1.54, 1.807) is 0 Å². The van der Waals surface area contributed by atoms with Crippen LogP contribution in [0.15, 0.2) is 6.20 Å². The quantitative estimate of drug-likeness (QED) is 0.907. The number of aromatic nitrogens is 5. The summed E-state index contributed by atoms with van der Waals surface area (Å²) in [6.45, 7) is 2.03. The Balaban J connectivity index is 1.70. The van der Waals surface area contributed by atoms with Gasteiger partial charge in [0.25, 0.3) is 0 Å². The van der Waals surface area contributed by atoms with Crippen LogP contribution in [-0.4, -0.2) is 24.7 Å². The zero-order chi connectivity index (χ0) is 14.4. The summed E-state index contributed by atoms with van der Waals surface area (Å²) < 4.78 is 2.27. The zero-order valence-electron chi connectivity index (χ0n) is 12.5. The van der Waals surface area contributed by atoms with Crippen LogP contribution in [0.5, 0.6) is 0 Å². The minimum Gasteiger partial charge on any atom is -0.338 e. The topological polar surface area (TPSA) is 85.4 Å². The summed E-state index contributed by atoms with van der Waals surface area (Å²) in [5.74, 6) is 2.78. The maximum Gasteiger partial charge on any atom is 0.182 e. The third-order valence-corrected chi connectivity index (χ3v) is 5.09. The van der Waals surface area contributed by atoms with E-state index in [0.29, 0.717) is 6.04 Å². The van der Waals surface area contributed by atoms with Crippen molar-refractivity contribution in [3.8, 4) is 11.5 Å². The molecule has 2 aromatic heterocycles. The zero-order valence-corrected chi connectivity index (χ0v) is 12.5. The Hall–Kier alpha value is -1.69. The first kappa shape index (κ1) is 13.0. The van der Waals surface area contributed by atoms with Crippen molar-refractivity contribution < 1.29 is 0 Å². The maximum atomic E-state index is 6.34. The second-order valence-corrected chi connectivity index (χ2v) is 6.53. The minimum absolute atomic E-state index is 0.258. The van der Waals surface area contributed by atoms with Gasteiger partial charge in [0.2, 0.25) is 0 Å². The normalized spacial score (nSPS) is 21.6. The van der Waals surface area contributed by atoms with Crippen LogP contribution in [0.3, 0.4) is 0 Å². The van der Waals surface area contributed by atoms with E-state index in [-0.39, 0.29) is 5.54 Å². The molecule has 112 valence electrons. The van der Waals surface area contributed by atoms with Gasteiger partial charge >= 0.3 is 0 Å². The molecule has 0 saturated heterocycles. The lowest BCUT2D eigenvalue weighted by Gasteiger charge is -2.35. The number of aromatic amines is 1. The summed E-state index contributed by atoms with van der Waals surface area (Å²) in [6.07, 6.45) is 10.1. The first-order chi connectivity index (χ1) is 10.2. The molecule has 6 nitrogen and oxygen atoms in total. The van der Waals surface area contributed by atoms with Crippen molar-refractivity contribution >= 4 is 0 Å². The summed E-state index contributed by atoms with van der Waals surface area (Å²) in [4.78, 5) is 7.89. The predicted molar refractivity (Wildman–Crippen MR) is 79.6 cm³/mol. The van der Waals surface area contributed by atoms with Crippen molar-refractivity contribution in [1.82, 2.24) is 24.7 Å². The van der Waals surface area contributed by atoms with Crippen LogP contribution >= 0.6 is 0 Å². The Morgan fingerprint density at radius 2 is 2.00 bits per heavy atom. The van der Waals surface area contributed by atoms with Gasteiger partial charge in [-0.3, -0.25) is 0 Å². The molecule has 0 aliphatic heterocycles.